The first-order chi connectivity index (χ1) is 11.8. The molecule has 0 fully saturated rings. The van der Waals surface area contributed by atoms with E-state index in [0.717, 1.165) is 11.1 Å². The first-order valence-corrected chi connectivity index (χ1v) is 7.41. The number of hydrogen-bond donors (Lipinski definition) is 3. The topological polar surface area (TPSA) is 98.1 Å². The van der Waals surface area contributed by atoms with E-state index in [4.69, 9.17) is 19.8 Å². The average Bonchev–Trinajstić information content (AvgIpc) is 2.58. The molecule has 0 aliphatic rings. The van der Waals surface area contributed by atoms with Crippen molar-refractivity contribution in [3.63, 3.8) is 0 Å². The maximum absolute atomic E-state index is 12.8. The van der Waals surface area contributed by atoms with Crippen LogP contribution in [0, 0.1) is 5.82 Å². The van der Waals surface area contributed by atoms with Gasteiger partial charge in [-0.1, -0.05) is 42.5 Å². The second kappa shape index (κ2) is 10.2. The molecule has 0 radical (unpaired) electrons. The van der Waals surface area contributed by atoms with Gasteiger partial charge in [0.2, 0.25) is 0 Å². The highest BCUT2D eigenvalue weighted by molar-refractivity contribution is 6.27. The Kier molecular flexibility index (Phi) is 8.25. The summed E-state index contributed by atoms with van der Waals surface area (Å²) in [4.78, 5) is 20.2. The average molecular weight is 349 g/mol. The number of aliphatic carboxylic acids is 2. The molecule has 7 heteroatoms. The maximum Gasteiger partial charge on any atom is 0.414 e. The van der Waals surface area contributed by atoms with E-state index in [1.54, 1.807) is 12.1 Å². The molecule has 0 spiro atoms. The Morgan fingerprint density at radius 3 is 2.00 bits per heavy atom. The molecule has 25 heavy (non-hydrogen) atoms. The van der Waals surface area contributed by atoms with E-state index in [-0.39, 0.29) is 5.82 Å². The zero-order valence-electron chi connectivity index (χ0n) is 13.7. The molecule has 0 saturated heterocycles. The number of likely N-dealkylation sites (N-methyl/N-ethyl adjacent to an activating group) is 1. The van der Waals surface area contributed by atoms with Gasteiger partial charge < -0.3 is 15.3 Å². The van der Waals surface area contributed by atoms with E-state index in [1.165, 1.54) is 12.1 Å². The highest BCUT2D eigenvalue weighted by atomic mass is 19.1. The summed E-state index contributed by atoms with van der Waals surface area (Å²) in [5.74, 6) is -3.87. The minimum Gasteiger partial charge on any atom is -0.473 e. The van der Waals surface area contributed by atoms with E-state index in [2.05, 4.69) is 0 Å². The van der Waals surface area contributed by atoms with Gasteiger partial charge in [-0.15, -0.1) is 0 Å². The van der Waals surface area contributed by atoms with Crippen molar-refractivity contribution in [3.05, 3.63) is 71.5 Å². The molecule has 1 unspecified atom stereocenters. The monoisotopic (exact) mass is 349 g/mol. The van der Waals surface area contributed by atoms with E-state index in [9.17, 15) is 9.50 Å². The molecule has 2 rings (SSSR count). The van der Waals surface area contributed by atoms with Crippen LogP contribution in [0.2, 0.25) is 0 Å². The smallest absolute Gasteiger partial charge is 0.414 e. The molecule has 1 atom stereocenters. The van der Waals surface area contributed by atoms with Crippen molar-refractivity contribution in [3.8, 4) is 0 Å². The van der Waals surface area contributed by atoms with Crippen LogP contribution in [-0.2, 0) is 16.1 Å². The number of carboxylic acid groups (broad SMARTS) is 2. The van der Waals surface area contributed by atoms with E-state index >= 15 is 0 Å². The van der Waals surface area contributed by atoms with Gasteiger partial charge in [-0.3, -0.25) is 4.90 Å². The quantitative estimate of drug-likeness (QED) is 0.716. The van der Waals surface area contributed by atoms with Crippen molar-refractivity contribution >= 4 is 11.9 Å². The van der Waals surface area contributed by atoms with Gasteiger partial charge in [0, 0.05) is 13.1 Å². The lowest BCUT2D eigenvalue weighted by molar-refractivity contribution is -0.159. The first-order valence-electron chi connectivity index (χ1n) is 7.41. The van der Waals surface area contributed by atoms with Crippen LogP contribution in [0.15, 0.2) is 54.6 Å². The molecular formula is C18H20FNO5. The molecule has 0 saturated carbocycles. The van der Waals surface area contributed by atoms with Crippen molar-refractivity contribution in [1.82, 2.24) is 4.90 Å². The lowest BCUT2D eigenvalue weighted by Gasteiger charge is -2.20. The molecule has 134 valence electrons. The summed E-state index contributed by atoms with van der Waals surface area (Å²) in [6, 6.07) is 16.0. The zero-order valence-corrected chi connectivity index (χ0v) is 13.7. The number of carbonyl (C=O) groups is 2. The Morgan fingerprint density at radius 2 is 1.52 bits per heavy atom. The summed E-state index contributed by atoms with van der Waals surface area (Å²) in [6.07, 6.45) is -0.508. The van der Waals surface area contributed by atoms with Gasteiger partial charge in [0.25, 0.3) is 0 Å². The highest BCUT2D eigenvalue weighted by Crippen LogP contribution is 2.14. The lowest BCUT2D eigenvalue weighted by Crippen LogP contribution is -2.24. The molecule has 3 N–H and O–H groups in total. The molecule has 0 amide bonds. The van der Waals surface area contributed by atoms with Crippen LogP contribution in [-0.4, -0.2) is 45.8 Å². The molecule has 0 aliphatic carbocycles. The molecule has 6 nitrogen and oxygen atoms in total. The van der Waals surface area contributed by atoms with Crippen LogP contribution < -0.4 is 0 Å². The van der Waals surface area contributed by atoms with Crippen LogP contribution in [0.1, 0.15) is 17.2 Å². The van der Waals surface area contributed by atoms with Crippen molar-refractivity contribution in [1.29, 1.82) is 0 Å². The number of rotatable bonds is 5. The molecule has 0 aliphatic heterocycles. The second-order valence-corrected chi connectivity index (χ2v) is 5.36. The number of aliphatic hydroxyl groups excluding tert-OH is 1. The number of nitrogens with zero attached hydrogens (tertiary/aromatic N) is 1. The van der Waals surface area contributed by atoms with E-state index in [1.807, 2.05) is 42.3 Å². The predicted octanol–water partition coefficient (Wildman–Crippen LogP) is 2.15. The molecule has 2 aromatic carbocycles. The fraction of sp³-hybridized carbons (Fsp3) is 0.222. The van der Waals surface area contributed by atoms with Gasteiger partial charge >= 0.3 is 11.9 Å². The summed E-state index contributed by atoms with van der Waals surface area (Å²) in [5, 5.41) is 24.9. The van der Waals surface area contributed by atoms with Gasteiger partial charge in [-0.25, -0.2) is 14.0 Å². The fourth-order valence-electron chi connectivity index (χ4n) is 2.04. The van der Waals surface area contributed by atoms with Crippen molar-refractivity contribution < 1.29 is 29.3 Å². The van der Waals surface area contributed by atoms with Gasteiger partial charge in [0.05, 0.1) is 6.10 Å². The Labute approximate surface area is 144 Å². The van der Waals surface area contributed by atoms with Crippen LogP contribution in [0.4, 0.5) is 4.39 Å². The molecule has 2 aromatic rings. The largest absolute Gasteiger partial charge is 0.473 e. The summed E-state index contributed by atoms with van der Waals surface area (Å²) >= 11 is 0. The second-order valence-electron chi connectivity index (χ2n) is 5.36. The fourth-order valence-corrected chi connectivity index (χ4v) is 2.04. The zero-order chi connectivity index (χ0) is 18.8. The van der Waals surface area contributed by atoms with Gasteiger partial charge in [0.1, 0.15) is 5.82 Å². The van der Waals surface area contributed by atoms with Crippen LogP contribution in [0.3, 0.4) is 0 Å². The van der Waals surface area contributed by atoms with Crippen LogP contribution in [0.25, 0.3) is 0 Å². The van der Waals surface area contributed by atoms with Crippen molar-refractivity contribution in [2.24, 2.45) is 0 Å². The lowest BCUT2D eigenvalue weighted by atomic mass is 10.1. The van der Waals surface area contributed by atoms with Crippen LogP contribution >= 0.6 is 0 Å². The third-order valence-corrected chi connectivity index (χ3v) is 3.22. The third-order valence-electron chi connectivity index (χ3n) is 3.22. The summed E-state index contributed by atoms with van der Waals surface area (Å²) < 4.78 is 12.8. The number of halogens is 1. The number of aliphatic hydroxyl groups is 1. The van der Waals surface area contributed by atoms with Crippen molar-refractivity contribution in [2.45, 2.75) is 12.6 Å². The minimum atomic E-state index is -1.82. The van der Waals surface area contributed by atoms with Gasteiger partial charge in [0.15, 0.2) is 0 Å². The maximum atomic E-state index is 12.8. The van der Waals surface area contributed by atoms with Gasteiger partial charge in [-0.2, -0.15) is 0 Å². The number of benzene rings is 2. The molecule has 0 aromatic heterocycles. The Balaban J connectivity index is 0.000000450. The summed E-state index contributed by atoms with van der Waals surface area (Å²) in [6.45, 7) is 1.23. The molecule has 0 bridgehead atoms. The highest BCUT2D eigenvalue weighted by Gasteiger charge is 2.10. The van der Waals surface area contributed by atoms with Gasteiger partial charge in [-0.05, 0) is 30.3 Å². The SMILES string of the molecule is CN(Cc1ccc(F)cc1)CC(O)c1ccccc1.O=C(O)C(=O)O. The van der Waals surface area contributed by atoms with Crippen molar-refractivity contribution in [2.75, 3.05) is 13.6 Å². The Morgan fingerprint density at radius 1 is 1.00 bits per heavy atom. The first kappa shape index (κ1) is 20.3. The predicted molar refractivity (Wildman–Crippen MR) is 89.4 cm³/mol. The summed E-state index contributed by atoms with van der Waals surface area (Å²) in [5.41, 5.74) is 1.94. The standard InChI is InChI=1S/C16H18FNO.C2H2O4/c1-18(11-13-7-9-15(17)10-8-13)12-16(19)14-5-3-2-4-6-14;3-1(4)2(5)6/h2-10,16,19H,11-12H2,1H3;(H,3,4)(H,5,6). The molecule has 0 heterocycles. The minimum absolute atomic E-state index is 0.226. The Hall–Kier alpha value is -2.77. The van der Waals surface area contributed by atoms with E-state index in [0.29, 0.717) is 13.1 Å². The molecular weight excluding hydrogens is 329 g/mol. The number of carboxylic acids is 2. The van der Waals surface area contributed by atoms with Crippen LogP contribution in [0.5, 0.6) is 0 Å². The number of hydrogen-bond acceptors (Lipinski definition) is 4. The third kappa shape index (κ3) is 8.05. The van der Waals surface area contributed by atoms with E-state index < -0.39 is 18.0 Å². The Bertz CT molecular complexity index is 664. The normalized spacial score (nSPS) is 11.4. The summed E-state index contributed by atoms with van der Waals surface area (Å²) in [7, 11) is 1.94.